The molecular formula is C19H29N3O3. The third-order valence-corrected chi connectivity index (χ3v) is 4.17. The minimum Gasteiger partial charge on any atom is -0.444 e. The van der Waals surface area contributed by atoms with Gasteiger partial charge in [-0.2, -0.15) is 0 Å². The lowest BCUT2D eigenvalue weighted by atomic mass is 9.97. The monoisotopic (exact) mass is 347 g/mol. The Labute approximate surface area is 150 Å². The fourth-order valence-corrected chi connectivity index (χ4v) is 3.02. The number of anilines is 1. The highest BCUT2D eigenvalue weighted by atomic mass is 16.6. The molecule has 0 saturated carbocycles. The van der Waals surface area contributed by atoms with E-state index in [0.717, 1.165) is 18.5 Å². The number of carbonyl (C=O) groups excluding carboxylic acids is 2. The van der Waals surface area contributed by atoms with Gasteiger partial charge in [0.2, 0.25) is 5.91 Å². The number of likely N-dealkylation sites (tertiary alicyclic amines) is 1. The van der Waals surface area contributed by atoms with Gasteiger partial charge in [0.1, 0.15) is 5.60 Å². The van der Waals surface area contributed by atoms with E-state index in [-0.39, 0.29) is 17.9 Å². The van der Waals surface area contributed by atoms with Crippen LogP contribution in [-0.2, 0) is 9.53 Å². The van der Waals surface area contributed by atoms with Crippen molar-refractivity contribution in [3.63, 3.8) is 0 Å². The lowest BCUT2D eigenvalue weighted by Gasteiger charge is -2.36. The number of nitrogens with zero attached hydrogens (tertiary/aromatic N) is 3. The standard InChI is InChI=1S/C19H29N3O3/c1-5-17(23)22(16-9-6-10-20-12-16)14-15-8-7-11-21(13-15)18(24)25-19(2,3)4/h6,9-10,12,15H,5,7-8,11,13-14H2,1-4H3/t15-/m0/s1. The third kappa shape index (κ3) is 5.73. The molecule has 1 aliphatic rings. The first-order valence-corrected chi connectivity index (χ1v) is 8.98. The van der Waals surface area contributed by atoms with Crippen LogP contribution >= 0.6 is 0 Å². The molecule has 2 heterocycles. The summed E-state index contributed by atoms with van der Waals surface area (Å²) < 4.78 is 5.48. The highest BCUT2D eigenvalue weighted by Gasteiger charge is 2.29. The predicted octanol–water partition coefficient (Wildman–Crippen LogP) is 3.47. The van der Waals surface area contributed by atoms with Gasteiger partial charge in [0, 0.05) is 32.3 Å². The Hall–Kier alpha value is -2.11. The van der Waals surface area contributed by atoms with E-state index in [1.807, 2.05) is 39.8 Å². The Morgan fingerprint density at radius 2 is 2.16 bits per heavy atom. The number of pyridine rings is 1. The Morgan fingerprint density at radius 1 is 1.40 bits per heavy atom. The van der Waals surface area contributed by atoms with Gasteiger partial charge in [-0.15, -0.1) is 0 Å². The van der Waals surface area contributed by atoms with E-state index in [1.165, 1.54) is 0 Å². The van der Waals surface area contributed by atoms with E-state index in [1.54, 1.807) is 22.2 Å². The lowest BCUT2D eigenvalue weighted by molar-refractivity contribution is -0.118. The van der Waals surface area contributed by atoms with Crippen molar-refractivity contribution in [2.75, 3.05) is 24.5 Å². The average molecular weight is 347 g/mol. The number of ether oxygens (including phenoxy) is 1. The first-order valence-electron chi connectivity index (χ1n) is 8.98. The van der Waals surface area contributed by atoms with E-state index < -0.39 is 5.60 Å². The Bertz CT molecular complexity index is 583. The number of piperidine rings is 1. The highest BCUT2D eigenvalue weighted by Crippen LogP contribution is 2.23. The fourth-order valence-electron chi connectivity index (χ4n) is 3.02. The zero-order chi connectivity index (χ0) is 18.4. The van der Waals surface area contributed by atoms with E-state index in [2.05, 4.69) is 4.98 Å². The molecule has 0 spiro atoms. The topological polar surface area (TPSA) is 62.7 Å². The Morgan fingerprint density at radius 3 is 2.76 bits per heavy atom. The van der Waals surface area contributed by atoms with Crippen LogP contribution in [0.3, 0.4) is 0 Å². The summed E-state index contributed by atoms with van der Waals surface area (Å²) >= 11 is 0. The van der Waals surface area contributed by atoms with Crippen molar-refractivity contribution in [1.82, 2.24) is 9.88 Å². The van der Waals surface area contributed by atoms with E-state index in [9.17, 15) is 9.59 Å². The molecule has 25 heavy (non-hydrogen) atoms. The maximum Gasteiger partial charge on any atom is 0.410 e. The van der Waals surface area contributed by atoms with Crippen LogP contribution in [0.25, 0.3) is 0 Å². The summed E-state index contributed by atoms with van der Waals surface area (Å²) in [4.78, 5) is 32.4. The number of hydrogen-bond donors (Lipinski definition) is 0. The molecule has 1 fully saturated rings. The zero-order valence-electron chi connectivity index (χ0n) is 15.7. The summed E-state index contributed by atoms with van der Waals surface area (Å²) in [5.74, 6) is 0.305. The van der Waals surface area contributed by atoms with Gasteiger partial charge >= 0.3 is 6.09 Å². The summed E-state index contributed by atoms with van der Waals surface area (Å²) in [5.41, 5.74) is 0.313. The van der Waals surface area contributed by atoms with Gasteiger partial charge in [0.25, 0.3) is 0 Å². The molecule has 0 bridgehead atoms. The molecule has 0 aromatic carbocycles. The quantitative estimate of drug-likeness (QED) is 0.836. The van der Waals surface area contributed by atoms with Crippen LogP contribution in [0.5, 0.6) is 0 Å². The van der Waals surface area contributed by atoms with Gasteiger partial charge in [-0.05, 0) is 51.7 Å². The van der Waals surface area contributed by atoms with Crippen molar-refractivity contribution in [1.29, 1.82) is 0 Å². The van der Waals surface area contributed by atoms with Gasteiger partial charge in [-0.3, -0.25) is 9.78 Å². The Kier molecular flexibility index (Phi) is 6.39. The molecule has 0 aliphatic carbocycles. The van der Waals surface area contributed by atoms with Crippen molar-refractivity contribution in [2.45, 2.75) is 52.6 Å². The first-order chi connectivity index (χ1) is 11.8. The summed E-state index contributed by atoms with van der Waals surface area (Å²) in [7, 11) is 0. The summed E-state index contributed by atoms with van der Waals surface area (Å²) in [6.07, 6.45) is 5.49. The molecule has 2 amide bonds. The van der Waals surface area contributed by atoms with Crippen molar-refractivity contribution in [2.24, 2.45) is 5.92 Å². The van der Waals surface area contributed by atoms with Crippen LogP contribution < -0.4 is 4.90 Å². The molecule has 2 rings (SSSR count). The minimum absolute atomic E-state index is 0.0717. The number of carbonyl (C=O) groups is 2. The molecule has 1 aromatic rings. The van der Waals surface area contributed by atoms with E-state index >= 15 is 0 Å². The lowest BCUT2D eigenvalue weighted by Crippen LogP contribution is -2.46. The molecule has 1 atom stereocenters. The number of rotatable bonds is 4. The third-order valence-electron chi connectivity index (χ3n) is 4.17. The molecule has 0 N–H and O–H groups in total. The molecule has 0 unspecified atom stereocenters. The van der Waals surface area contributed by atoms with Crippen molar-refractivity contribution in [3.8, 4) is 0 Å². The SMILES string of the molecule is CCC(=O)N(C[C@H]1CCCN(C(=O)OC(C)(C)C)C1)c1cccnc1. The van der Waals surface area contributed by atoms with Gasteiger partial charge < -0.3 is 14.5 Å². The van der Waals surface area contributed by atoms with Crippen LogP contribution in [0.2, 0.25) is 0 Å². The van der Waals surface area contributed by atoms with Crippen LogP contribution in [0.15, 0.2) is 24.5 Å². The smallest absolute Gasteiger partial charge is 0.410 e. The van der Waals surface area contributed by atoms with Crippen molar-refractivity contribution < 1.29 is 14.3 Å². The second kappa shape index (κ2) is 8.32. The van der Waals surface area contributed by atoms with E-state index in [0.29, 0.717) is 26.1 Å². The first kappa shape index (κ1) is 19.2. The van der Waals surface area contributed by atoms with Crippen LogP contribution in [0.4, 0.5) is 10.5 Å². The molecule has 1 saturated heterocycles. The zero-order valence-corrected chi connectivity index (χ0v) is 15.7. The van der Waals surface area contributed by atoms with Crippen LogP contribution in [0, 0.1) is 5.92 Å². The Balaban J connectivity index is 2.04. The van der Waals surface area contributed by atoms with Gasteiger partial charge in [-0.1, -0.05) is 6.92 Å². The van der Waals surface area contributed by atoms with Gasteiger partial charge in [0.05, 0.1) is 11.9 Å². The molecule has 6 nitrogen and oxygen atoms in total. The molecular weight excluding hydrogens is 318 g/mol. The van der Waals surface area contributed by atoms with Crippen molar-refractivity contribution >= 4 is 17.7 Å². The fraction of sp³-hybridized carbons (Fsp3) is 0.632. The molecule has 0 radical (unpaired) electrons. The number of aromatic nitrogens is 1. The summed E-state index contributed by atoms with van der Waals surface area (Å²) in [6.45, 7) is 9.39. The summed E-state index contributed by atoms with van der Waals surface area (Å²) in [5, 5.41) is 0. The van der Waals surface area contributed by atoms with Gasteiger partial charge in [0.15, 0.2) is 0 Å². The highest BCUT2D eigenvalue weighted by molar-refractivity contribution is 5.92. The molecule has 6 heteroatoms. The predicted molar refractivity (Wildman–Crippen MR) is 97.4 cm³/mol. The summed E-state index contributed by atoms with van der Waals surface area (Å²) in [6, 6.07) is 3.73. The minimum atomic E-state index is -0.496. The second-order valence-electron chi connectivity index (χ2n) is 7.50. The maximum absolute atomic E-state index is 12.4. The maximum atomic E-state index is 12.4. The molecule has 1 aliphatic heterocycles. The normalized spacial score (nSPS) is 17.9. The second-order valence-corrected chi connectivity index (χ2v) is 7.50. The number of amides is 2. The molecule has 138 valence electrons. The van der Waals surface area contributed by atoms with Crippen molar-refractivity contribution in [3.05, 3.63) is 24.5 Å². The van der Waals surface area contributed by atoms with E-state index in [4.69, 9.17) is 4.74 Å². The van der Waals surface area contributed by atoms with Crippen LogP contribution in [-0.4, -0.2) is 47.1 Å². The van der Waals surface area contributed by atoms with Crippen LogP contribution in [0.1, 0.15) is 47.0 Å². The largest absolute Gasteiger partial charge is 0.444 e. The number of hydrogen-bond acceptors (Lipinski definition) is 4. The molecule has 1 aromatic heterocycles. The average Bonchev–Trinajstić information content (AvgIpc) is 2.58. The van der Waals surface area contributed by atoms with Gasteiger partial charge in [-0.25, -0.2) is 4.79 Å².